The molecule has 1 aliphatic heterocycles. The third-order valence-corrected chi connectivity index (χ3v) is 3.78. The van der Waals surface area contributed by atoms with Gasteiger partial charge in [0.2, 0.25) is 5.91 Å². The molecule has 0 saturated carbocycles. The number of hydrogen-bond acceptors (Lipinski definition) is 3. The van der Waals surface area contributed by atoms with Crippen molar-refractivity contribution in [1.29, 1.82) is 0 Å². The highest BCUT2D eigenvalue weighted by molar-refractivity contribution is 5.92. The number of piperidine rings is 1. The molecule has 1 aromatic rings. The first kappa shape index (κ1) is 18.8. The van der Waals surface area contributed by atoms with Crippen LogP contribution >= 0.6 is 12.4 Å². The molecule has 2 N–H and O–H groups in total. The SMILES string of the molecule is CC(C)CCOc1cccc(NC(=O)C2CCNCC2)c1.Cl. The van der Waals surface area contributed by atoms with Crippen molar-refractivity contribution in [3.05, 3.63) is 24.3 Å². The molecule has 0 aromatic heterocycles. The lowest BCUT2D eigenvalue weighted by Crippen LogP contribution is -2.34. The number of halogens is 1. The van der Waals surface area contributed by atoms with Crippen molar-refractivity contribution in [2.75, 3.05) is 25.0 Å². The van der Waals surface area contributed by atoms with E-state index >= 15 is 0 Å². The van der Waals surface area contributed by atoms with Gasteiger partial charge in [0.1, 0.15) is 5.75 Å². The summed E-state index contributed by atoms with van der Waals surface area (Å²) in [7, 11) is 0. The van der Waals surface area contributed by atoms with Gasteiger partial charge in [-0.15, -0.1) is 12.4 Å². The van der Waals surface area contributed by atoms with Gasteiger partial charge in [0.15, 0.2) is 0 Å². The van der Waals surface area contributed by atoms with Gasteiger partial charge in [-0.05, 0) is 50.4 Å². The van der Waals surface area contributed by atoms with Crippen molar-refractivity contribution >= 4 is 24.0 Å². The molecule has 0 bridgehead atoms. The van der Waals surface area contributed by atoms with Crippen LogP contribution in [-0.4, -0.2) is 25.6 Å². The summed E-state index contributed by atoms with van der Waals surface area (Å²) in [4.78, 5) is 12.2. The Morgan fingerprint density at radius 3 is 2.77 bits per heavy atom. The van der Waals surface area contributed by atoms with Gasteiger partial charge in [-0.25, -0.2) is 0 Å². The van der Waals surface area contributed by atoms with E-state index < -0.39 is 0 Å². The molecule has 5 heteroatoms. The predicted molar refractivity (Wildman–Crippen MR) is 92.9 cm³/mol. The first-order chi connectivity index (χ1) is 10.1. The highest BCUT2D eigenvalue weighted by Gasteiger charge is 2.20. The monoisotopic (exact) mass is 326 g/mol. The fourth-order valence-corrected chi connectivity index (χ4v) is 2.40. The first-order valence-corrected chi connectivity index (χ1v) is 7.89. The summed E-state index contributed by atoms with van der Waals surface area (Å²) in [6, 6.07) is 7.66. The first-order valence-electron chi connectivity index (χ1n) is 7.89. The number of benzene rings is 1. The minimum Gasteiger partial charge on any atom is -0.494 e. The van der Waals surface area contributed by atoms with E-state index in [9.17, 15) is 4.79 Å². The second-order valence-electron chi connectivity index (χ2n) is 6.07. The molecule has 1 aromatic carbocycles. The summed E-state index contributed by atoms with van der Waals surface area (Å²) < 4.78 is 5.72. The standard InChI is InChI=1S/C17H26N2O2.ClH/c1-13(2)8-11-21-16-5-3-4-15(12-16)19-17(20)14-6-9-18-10-7-14;/h3-5,12-14,18H,6-11H2,1-2H3,(H,19,20);1H. The Bertz CT molecular complexity index is 460. The molecule has 0 radical (unpaired) electrons. The van der Waals surface area contributed by atoms with E-state index in [0.29, 0.717) is 12.5 Å². The van der Waals surface area contributed by atoms with Crippen LogP contribution in [0.2, 0.25) is 0 Å². The number of hydrogen-bond donors (Lipinski definition) is 2. The van der Waals surface area contributed by atoms with E-state index in [0.717, 1.165) is 43.8 Å². The number of carbonyl (C=O) groups excluding carboxylic acids is 1. The average molecular weight is 327 g/mol. The minimum absolute atomic E-state index is 0. The van der Waals surface area contributed by atoms with Gasteiger partial charge < -0.3 is 15.4 Å². The van der Waals surface area contributed by atoms with E-state index in [1.807, 2.05) is 24.3 Å². The molecule has 1 heterocycles. The Hall–Kier alpha value is -1.26. The summed E-state index contributed by atoms with van der Waals surface area (Å²) in [6.07, 6.45) is 2.86. The van der Waals surface area contributed by atoms with Gasteiger partial charge >= 0.3 is 0 Å². The lowest BCUT2D eigenvalue weighted by molar-refractivity contribution is -0.120. The third kappa shape index (κ3) is 6.24. The molecule has 1 saturated heterocycles. The number of rotatable bonds is 6. The molecule has 4 nitrogen and oxygen atoms in total. The van der Waals surface area contributed by atoms with Crippen LogP contribution in [0.15, 0.2) is 24.3 Å². The summed E-state index contributed by atoms with van der Waals surface area (Å²) in [5.74, 6) is 1.69. The number of amides is 1. The van der Waals surface area contributed by atoms with Crippen molar-refractivity contribution in [2.45, 2.75) is 33.1 Å². The number of anilines is 1. The van der Waals surface area contributed by atoms with E-state index in [4.69, 9.17) is 4.74 Å². The van der Waals surface area contributed by atoms with Crippen LogP contribution in [0, 0.1) is 11.8 Å². The fourth-order valence-electron chi connectivity index (χ4n) is 2.40. The maximum atomic E-state index is 12.2. The van der Waals surface area contributed by atoms with E-state index in [1.54, 1.807) is 0 Å². The third-order valence-electron chi connectivity index (χ3n) is 3.78. The van der Waals surface area contributed by atoms with Crippen LogP contribution in [0.3, 0.4) is 0 Å². The topological polar surface area (TPSA) is 50.4 Å². The summed E-state index contributed by atoms with van der Waals surface area (Å²) >= 11 is 0. The lowest BCUT2D eigenvalue weighted by atomic mass is 9.97. The fraction of sp³-hybridized carbons (Fsp3) is 0.588. The van der Waals surface area contributed by atoms with Crippen molar-refractivity contribution in [2.24, 2.45) is 11.8 Å². The number of carbonyl (C=O) groups is 1. The number of ether oxygens (including phenoxy) is 1. The van der Waals surface area contributed by atoms with Crippen molar-refractivity contribution in [3.8, 4) is 5.75 Å². The van der Waals surface area contributed by atoms with Crippen LogP contribution < -0.4 is 15.4 Å². The summed E-state index contributed by atoms with van der Waals surface area (Å²) in [6.45, 7) is 6.92. The Labute approximate surface area is 139 Å². The maximum absolute atomic E-state index is 12.2. The molecule has 1 fully saturated rings. The van der Waals surface area contributed by atoms with Gasteiger partial charge in [0.05, 0.1) is 6.61 Å². The van der Waals surface area contributed by atoms with Crippen molar-refractivity contribution < 1.29 is 9.53 Å². The van der Waals surface area contributed by atoms with E-state index in [2.05, 4.69) is 24.5 Å². The van der Waals surface area contributed by atoms with Gasteiger partial charge in [0.25, 0.3) is 0 Å². The molecule has 2 rings (SSSR count). The van der Waals surface area contributed by atoms with Crippen LogP contribution in [0.1, 0.15) is 33.1 Å². The highest BCUT2D eigenvalue weighted by atomic mass is 35.5. The molecule has 1 amide bonds. The molecule has 124 valence electrons. The van der Waals surface area contributed by atoms with Crippen molar-refractivity contribution in [3.63, 3.8) is 0 Å². The lowest BCUT2D eigenvalue weighted by Gasteiger charge is -2.21. The van der Waals surface area contributed by atoms with Crippen LogP contribution in [0.4, 0.5) is 5.69 Å². The normalized spacial score (nSPS) is 15.2. The molecular weight excluding hydrogens is 300 g/mol. The Morgan fingerprint density at radius 1 is 1.36 bits per heavy atom. The van der Waals surface area contributed by atoms with Crippen LogP contribution in [0.5, 0.6) is 5.75 Å². The Balaban J connectivity index is 0.00000242. The largest absolute Gasteiger partial charge is 0.494 e. The highest BCUT2D eigenvalue weighted by Crippen LogP contribution is 2.20. The molecule has 0 spiro atoms. The van der Waals surface area contributed by atoms with Crippen LogP contribution in [0.25, 0.3) is 0 Å². The second kappa shape index (κ2) is 9.70. The number of nitrogens with one attached hydrogen (secondary N) is 2. The predicted octanol–water partition coefficient (Wildman–Crippen LogP) is 3.47. The molecule has 0 unspecified atom stereocenters. The zero-order chi connectivity index (χ0) is 15.1. The maximum Gasteiger partial charge on any atom is 0.227 e. The summed E-state index contributed by atoms with van der Waals surface area (Å²) in [5, 5.41) is 6.28. The van der Waals surface area contributed by atoms with E-state index in [1.165, 1.54) is 0 Å². The Morgan fingerprint density at radius 2 is 2.09 bits per heavy atom. The zero-order valence-corrected chi connectivity index (χ0v) is 14.2. The minimum atomic E-state index is 0. The van der Waals surface area contributed by atoms with Gasteiger partial charge in [-0.1, -0.05) is 19.9 Å². The summed E-state index contributed by atoms with van der Waals surface area (Å²) in [5.41, 5.74) is 0.820. The Kier molecular flexibility index (Phi) is 8.28. The van der Waals surface area contributed by atoms with Crippen molar-refractivity contribution in [1.82, 2.24) is 5.32 Å². The van der Waals surface area contributed by atoms with Gasteiger partial charge in [-0.2, -0.15) is 0 Å². The molecular formula is C17H27ClN2O2. The molecule has 22 heavy (non-hydrogen) atoms. The van der Waals surface area contributed by atoms with Gasteiger partial charge in [0, 0.05) is 17.7 Å². The average Bonchev–Trinajstić information content (AvgIpc) is 2.48. The second-order valence-corrected chi connectivity index (χ2v) is 6.07. The van der Waals surface area contributed by atoms with E-state index in [-0.39, 0.29) is 24.2 Å². The van der Waals surface area contributed by atoms with Crippen LogP contribution in [-0.2, 0) is 4.79 Å². The molecule has 0 atom stereocenters. The van der Waals surface area contributed by atoms with Gasteiger partial charge in [-0.3, -0.25) is 4.79 Å². The quantitative estimate of drug-likeness (QED) is 0.841. The smallest absolute Gasteiger partial charge is 0.227 e. The molecule has 1 aliphatic rings. The molecule has 0 aliphatic carbocycles. The zero-order valence-electron chi connectivity index (χ0n) is 13.4.